The van der Waals surface area contributed by atoms with Crippen LogP contribution in [0.15, 0.2) is 66.7 Å². The molecule has 3 aromatic carbocycles. The molecule has 0 unspecified atom stereocenters. The van der Waals surface area contributed by atoms with Gasteiger partial charge in [-0.25, -0.2) is 0 Å². The summed E-state index contributed by atoms with van der Waals surface area (Å²) in [6.45, 7) is 4.23. The number of nitrogens with zero attached hydrogens (tertiary/aromatic N) is 1. The number of rotatable bonds is 3. The first-order chi connectivity index (χ1) is 11.2. The summed E-state index contributed by atoms with van der Waals surface area (Å²) in [5.41, 5.74) is 7.61. The van der Waals surface area contributed by atoms with E-state index in [1.807, 2.05) is 12.1 Å². The third-order valence-corrected chi connectivity index (χ3v) is 4.20. The molecule has 0 heterocycles. The van der Waals surface area contributed by atoms with Crippen molar-refractivity contribution in [3.63, 3.8) is 0 Å². The number of hydrogen-bond donors (Lipinski definition) is 0. The minimum Gasteiger partial charge on any atom is -0.192 e. The summed E-state index contributed by atoms with van der Waals surface area (Å²) in [4.78, 5) is 0. The Balaban J connectivity index is 2.21. The Morgan fingerprint density at radius 1 is 0.826 bits per heavy atom. The lowest BCUT2D eigenvalue weighted by Gasteiger charge is -2.13. The monoisotopic (exact) mass is 297 g/mol. The zero-order chi connectivity index (χ0) is 16.2. The molecule has 0 aliphatic rings. The van der Waals surface area contributed by atoms with Crippen LogP contribution < -0.4 is 0 Å². The predicted molar refractivity (Wildman–Crippen MR) is 96.1 cm³/mol. The molecule has 0 amide bonds. The lowest BCUT2D eigenvalue weighted by atomic mass is 9.90. The molecule has 0 aromatic heterocycles. The van der Waals surface area contributed by atoms with Crippen LogP contribution >= 0.6 is 0 Å². The second-order valence-electron chi connectivity index (χ2n) is 5.76. The van der Waals surface area contributed by atoms with Gasteiger partial charge in [-0.15, -0.1) is 0 Å². The molecule has 112 valence electrons. The highest BCUT2D eigenvalue weighted by Gasteiger charge is 2.12. The molecule has 0 saturated heterocycles. The normalized spacial score (nSPS) is 10.3. The van der Waals surface area contributed by atoms with E-state index >= 15 is 0 Å². The van der Waals surface area contributed by atoms with Crippen molar-refractivity contribution in [3.8, 4) is 28.3 Å². The quantitative estimate of drug-likeness (QED) is 0.602. The minimum atomic E-state index is 0.715. The van der Waals surface area contributed by atoms with E-state index in [0.29, 0.717) is 5.56 Å². The van der Waals surface area contributed by atoms with E-state index in [9.17, 15) is 5.26 Å². The molecule has 1 heteroatoms. The summed E-state index contributed by atoms with van der Waals surface area (Å²) in [6.07, 6.45) is 1.02. The summed E-state index contributed by atoms with van der Waals surface area (Å²) in [5.74, 6) is 0. The molecule has 1 nitrogen and oxygen atoms in total. The maximum Gasteiger partial charge on any atom is 0.0998 e. The summed E-state index contributed by atoms with van der Waals surface area (Å²) < 4.78 is 0. The summed E-state index contributed by atoms with van der Waals surface area (Å²) in [5, 5.41) is 9.55. The van der Waals surface area contributed by atoms with E-state index in [1.165, 1.54) is 11.1 Å². The first kappa shape index (κ1) is 15.1. The van der Waals surface area contributed by atoms with Gasteiger partial charge in [0.25, 0.3) is 0 Å². The largest absolute Gasteiger partial charge is 0.192 e. The predicted octanol–water partition coefficient (Wildman–Crippen LogP) is 5.76. The number of nitriles is 1. The average molecular weight is 297 g/mol. The third kappa shape index (κ3) is 3.03. The van der Waals surface area contributed by atoms with Gasteiger partial charge in [-0.3, -0.25) is 0 Å². The van der Waals surface area contributed by atoms with Gasteiger partial charge in [-0.2, -0.15) is 5.26 Å². The van der Waals surface area contributed by atoms with Gasteiger partial charge in [-0.1, -0.05) is 73.2 Å². The van der Waals surface area contributed by atoms with Crippen molar-refractivity contribution in [2.75, 3.05) is 0 Å². The molecule has 3 rings (SSSR count). The second-order valence-corrected chi connectivity index (χ2v) is 5.76. The van der Waals surface area contributed by atoms with E-state index in [-0.39, 0.29) is 0 Å². The van der Waals surface area contributed by atoms with Crippen molar-refractivity contribution < 1.29 is 0 Å². The van der Waals surface area contributed by atoms with E-state index < -0.39 is 0 Å². The molecule has 0 N–H and O–H groups in total. The Bertz CT molecular complexity index is 850. The van der Waals surface area contributed by atoms with Crippen LogP contribution in [-0.4, -0.2) is 0 Å². The highest BCUT2D eigenvalue weighted by molar-refractivity contribution is 5.87. The SMILES string of the molecule is CCc1ccc(-c2c(C#N)cccc2-c2ccc(C)cc2)cc1. The number of hydrogen-bond acceptors (Lipinski definition) is 1. The van der Waals surface area contributed by atoms with Crippen LogP contribution in [0, 0.1) is 18.3 Å². The van der Waals surface area contributed by atoms with Gasteiger partial charge in [-0.05, 0) is 41.7 Å². The van der Waals surface area contributed by atoms with Crippen LogP contribution in [0.5, 0.6) is 0 Å². The van der Waals surface area contributed by atoms with Crippen molar-refractivity contribution in [1.82, 2.24) is 0 Å². The van der Waals surface area contributed by atoms with Gasteiger partial charge in [0.2, 0.25) is 0 Å². The van der Waals surface area contributed by atoms with Gasteiger partial charge < -0.3 is 0 Å². The molecule has 0 saturated carbocycles. The van der Waals surface area contributed by atoms with Crippen molar-refractivity contribution in [1.29, 1.82) is 5.26 Å². The fourth-order valence-electron chi connectivity index (χ4n) is 2.84. The summed E-state index contributed by atoms with van der Waals surface area (Å²) >= 11 is 0. The van der Waals surface area contributed by atoms with E-state index in [4.69, 9.17) is 0 Å². The van der Waals surface area contributed by atoms with Crippen molar-refractivity contribution >= 4 is 0 Å². The zero-order valence-corrected chi connectivity index (χ0v) is 13.5. The second kappa shape index (κ2) is 6.50. The molecule has 23 heavy (non-hydrogen) atoms. The maximum atomic E-state index is 9.55. The van der Waals surface area contributed by atoms with E-state index in [0.717, 1.165) is 28.7 Å². The Labute approximate surface area is 137 Å². The van der Waals surface area contributed by atoms with Gasteiger partial charge in [0.1, 0.15) is 0 Å². The Morgan fingerprint density at radius 2 is 1.48 bits per heavy atom. The van der Waals surface area contributed by atoms with Gasteiger partial charge in [0.15, 0.2) is 0 Å². The Kier molecular flexibility index (Phi) is 4.26. The van der Waals surface area contributed by atoms with Crippen LogP contribution in [0.3, 0.4) is 0 Å². The van der Waals surface area contributed by atoms with Gasteiger partial charge in [0.05, 0.1) is 11.6 Å². The molecule has 0 fully saturated rings. The fraction of sp³-hybridized carbons (Fsp3) is 0.136. The summed E-state index contributed by atoms with van der Waals surface area (Å²) in [7, 11) is 0. The zero-order valence-electron chi connectivity index (χ0n) is 13.5. The van der Waals surface area contributed by atoms with Crippen LogP contribution in [0.1, 0.15) is 23.6 Å². The summed E-state index contributed by atoms with van der Waals surface area (Å²) in [6, 6.07) is 25.3. The number of benzene rings is 3. The van der Waals surface area contributed by atoms with Crippen molar-refractivity contribution in [2.45, 2.75) is 20.3 Å². The Morgan fingerprint density at radius 3 is 2.09 bits per heavy atom. The molecular formula is C22H19N. The molecule has 0 spiro atoms. The molecule has 3 aromatic rings. The lowest BCUT2D eigenvalue weighted by molar-refractivity contribution is 1.14. The van der Waals surface area contributed by atoms with Gasteiger partial charge in [0, 0.05) is 5.56 Å². The van der Waals surface area contributed by atoms with Crippen molar-refractivity contribution in [3.05, 3.63) is 83.4 Å². The average Bonchev–Trinajstić information content (AvgIpc) is 2.62. The minimum absolute atomic E-state index is 0.715. The molecule has 0 bridgehead atoms. The highest BCUT2D eigenvalue weighted by atomic mass is 14.3. The van der Waals surface area contributed by atoms with Crippen LogP contribution in [0.2, 0.25) is 0 Å². The molecule has 0 radical (unpaired) electrons. The van der Waals surface area contributed by atoms with Crippen LogP contribution in [0.4, 0.5) is 0 Å². The fourth-order valence-corrected chi connectivity index (χ4v) is 2.84. The smallest absolute Gasteiger partial charge is 0.0998 e. The molecule has 0 aliphatic heterocycles. The third-order valence-electron chi connectivity index (χ3n) is 4.20. The molecule has 0 aliphatic carbocycles. The standard InChI is InChI=1S/C22H19N/c1-3-17-9-13-19(14-10-17)22-20(15-23)5-4-6-21(22)18-11-7-16(2)8-12-18/h4-14H,3H2,1-2H3. The topological polar surface area (TPSA) is 23.8 Å². The Hall–Kier alpha value is -2.85. The van der Waals surface area contributed by atoms with E-state index in [2.05, 4.69) is 74.5 Å². The first-order valence-corrected chi connectivity index (χ1v) is 7.92. The lowest BCUT2D eigenvalue weighted by Crippen LogP contribution is -1.91. The van der Waals surface area contributed by atoms with Crippen LogP contribution in [0.25, 0.3) is 22.3 Å². The number of aryl methyl sites for hydroxylation is 2. The van der Waals surface area contributed by atoms with Crippen LogP contribution in [-0.2, 0) is 6.42 Å². The molecule has 0 atom stereocenters. The van der Waals surface area contributed by atoms with Gasteiger partial charge >= 0.3 is 0 Å². The first-order valence-electron chi connectivity index (χ1n) is 7.92. The van der Waals surface area contributed by atoms with E-state index in [1.54, 1.807) is 0 Å². The molecular weight excluding hydrogens is 278 g/mol. The maximum absolute atomic E-state index is 9.55. The van der Waals surface area contributed by atoms with Crippen molar-refractivity contribution in [2.24, 2.45) is 0 Å². The highest BCUT2D eigenvalue weighted by Crippen LogP contribution is 2.35.